The molecule has 0 bridgehead atoms. The van der Waals surface area contributed by atoms with Crippen molar-refractivity contribution >= 4 is 22.5 Å². The molecular weight excluding hydrogens is 371 g/mol. The standard InChI is InChI=1S/C23H25FN2O3/c1-3-5-15-28-21-13-12-18(16-9-8-14-25-22(16)21)26-23(27)19(4-2)29-20-11-7-6-10-17(20)24/h6-14,19H,3-5,15H2,1-2H3,(H,26,27). The molecule has 1 amide bonds. The van der Waals surface area contributed by atoms with E-state index < -0.39 is 11.9 Å². The molecule has 1 aromatic heterocycles. The van der Waals surface area contributed by atoms with Gasteiger partial charge in [0.15, 0.2) is 17.7 Å². The summed E-state index contributed by atoms with van der Waals surface area (Å²) in [4.78, 5) is 17.2. The molecular formula is C23H25FN2O3. The highest BCUT2D eigenvalue weighted by molar-refractivity contribution is 6.04. The maximum absolute atomic E-state index is 13.9. The molecule has 0 saturated carbocycles. The molecule has 3 aromatic rings. The van der Waals surface area contributed by atoms with Crippen molar-refractivity contribution in [3.63, 3.8) is 0 Å². The number of halogens is 1. The molecule has 0 aliphatic rings. The summed E-state index contributed by atoms with van der Waals surface area (Å²) in [7, 11) is 0. The zero-order valence-electron chi connectivity index (χ0n) is 16.7. The Morgan fingerprint density at radius 3 is 2.69 bits per heavy atom. The van der Waals surface area contributed by atoms with E-state index in [-0.39, 0.29) is 11.7 Å². The number of carbonyl (C=O) groups excluding carboxylic acids is 1. The minimum absolute atomic E-state index is 0.0562. The highest BCUT2D eigenvalue weighted by Gasteiger charge is 2.21. The van der Waals surface area contributed by atoms with Crippen LogP contribution in [0, 0.1) is 5.82 Å². The van der Waals surface area contributed by atoms with Crippen LogP contribution >= 0.6 is 0 Å². The number of pyridine rings is 1. The fourth-order valence-corrected chi connectivity index (χ4v) is 2.93. The molecule has 5 nitrogen and oxygen atoms in total. The molecule has 152 valence electrons. The Morgan fingerprint density at radius 1 is 1.10 bits per heavy atom. The molecule has 1 atom stereocenters. The lowest BCUT2D eigenvalue weighted by molar-refractivity contribution is -0.122. The zero-order chi connectivity index (χ0) is 20.6. The minimum Gasteiger partial charge on any atom is -0.491 e. The van der Waals surface area contributed by atoms with Gasteiger partial charge in [0.2, 0.25) is 0 Å². The zero-order valence-corrected chi connectivity index (χ0v) is 16.7. The van der Waals surface area contributed by atoms with Crippen molar-refractivity contribution in [2.24, 2.45) is 0 Å². The van der Waals surface area contributed by atoms with Gasteiger partial charge in [-0.2, -0.15) is 0 Å². The summed E-state index contributed by atoms with van der Waals surface area (Å²) in [5.41, 5.74) is 1.29. The van der Waals surface area contributed by atoms with E-state index >= 15 is 0 Å². The summed E-state index contributed by atoms with van der Waals surface area (Å²) < 4.78 is 25.3. The van der Waals surface area contributed by atoms with Gasteiger partial charge in [0.25, 0.3) is 5.91 Å². The van der Waals surface area contributed by atoms with E-state index in [4.69, 9.17) is 9.47 Å². The first-order valence-electron chi connectivity index (χ1n) is 9.86. The maximum Gasteiger partial charge on any atom is 0.265 e. The number of para-hydroxylation sites is 1. The Hall–Kier alpha value is -3.15. The van der Waals surface area contributed by atoms with Gasteiger partial charge in [0, 0.05) is 11.6 Å². The van der Waals surface area contributed by atoms with Crippen LogP contribution in [0.3, 0.4) is 0 Å². The van der Waals surface area contributed by atoms with Gasteiger partial charge in [-0.15, -0.1) is 0 Å². The van der Waals surface area contributed by atoms with Gasteiger partial charge in [0.05, 0.1) is 12.3 Å². The van der Waals surface area contributed by atoms with Gasteiger partial charge in [0.1, 0.15) is 11.3 Å². The number of anilines is 1. The first-order chi connectivity index (χ1) is 14.1. The third-order valence-electron chi connectivity index (χ3n) is 4.52. The fourth-order valence-electron chi connectivity index (χ4n) is 2.93. The topological polar surface area (TPSA) is 60.5 Å². The Bertz CT molecular complexity index is 977. The smallest absolute Gasteiger partial charge is 0.265 e. The van der Waals surface area contributed by atoms with Crippen molar-refractivity contribution in [1.29, 1.82) is 0 Å². The molecule has 0 saturated heterocycles. The quantitative estimate of drug-likeness (QED) is 0.496. The summed E-state index contributed by atoms with van der Waals surface area (Å²) >= 11 is 0. The predicted octanol–water partition coefficient (Wildman–Crippen LogP) is 5.35. The summed E-state index contributed by atoms with van der Waals surface area (Å²) in [6.45, 7) is 4.53. The van der Waals surface area contributed by atoms with Crippen LogP contribution in [0.25, 0.3) is 10.9 Å². The number of rotatable bonds is 9. The maximum atomic E-state index is 13.9. The molecule has 6 heteroatoms. The number of hydrogen-bond donors (Lipinski definition) is 1. The molecule has 1 heterocycles. The average Bonchev–Trinajstić information content (AvgIpc) is 2.74. The number of fused-ring (bicyclic) bond motifs is 1. The molecule has 2 aromatic carbocycles. The third-order valence-corrected chi connectivity index (χ3v) is 4.52. The van der Waals surface area contributed by atoms with Gasteiger partial charge in [-0.25, -0.2) is 4.39 Å². The van der Waals surface area contributed by atoms with Gasteiger partial charge in [-0.1, -0.05) is 32.4 Å². The van der Waals surface area contributed by atoms with Crippen LogP contribution < -0.4 is 14.8 Å². The molecule has 0 aliphatic heterocycles. The minimum atomic E-state index is -0.820. The number of hydrogen-bond acceptors (Lipinski definition) is 4. The second-order valence-corrected chi connectivity index (χ2v) is 6.65. The average molecular weight is 396 g/mol. The summed E-state index contributed by atoms with van der Waals surface area (Å²) in [6, 6.07) is 13.3. The van der Waals surface area contributed by atoms with Gasteiger partial charge < -0.3 is 14.8 Å². The van der Waals surface area contributed by atoms with Crippen LogP contribution in [-0.4, -0.2) is 23.6 Å². The van der Waals surface area contributed by atoms with Crippen molar-refractivity contribution in [3.05, 3.63) is 60.5 Å². The van der Waals surface area contributed by atoms with Gasteiger partial charge in [-0.3, -0.25) is 9.78 Å². The SMILES string of the molecule is CCCCOc1ccc(NC(=O)C(CC)Oc2ccccc2F)c2cccnc12. The Labute approximate surface area is 169 Å². The lowest BCUT2D eigenvalue weighted by Crippen LogP contribution is -2.32. The molecule has 3 rings (SSSR count). The lowest BCUT2D eigenvalue weighted by atomic mass is 10.1. The number of nitrogens with zero attached hydrogens (tertiary/aromatic N) is 1. The van der Waals surface area contributed by atoms with Crippen molar-refractivity contribution in [2.45, 2.75) is 39.2 Å². The number of carbonyl (C=O) groups is 1. The Morgan fingerprint density at radius 2 is 1.93 bits per heavy atom. The molecule has 1 N–H and O–H groups in total. The molecule has 0 fully saturated rings. The van der Waals surface area contributed by atoms with E-state index in [0.717, 1.165) is 18.2 Å². The monoisotopic (exact) mass is 396 g/mol. The van der Waals surface area contributed by atoms with E-state index in [1.54, 1.807) is 36.5 Å². The first-order valence-corrected chi connectivity index (χ1v) is 9.86. The van der Waals surface area contributed by atoms with Crippen LogP contribution in [0.1, 0.15) is 33.1 Å². The van der Waals surface area contributed by atoms with Crippen LogP contribution in [0.2, 0.25) is 0 Å². The highest BCUT2D eigenvalue weighted by atomic mass is 19.1. The lowest BCUT2D eigenvalue weighted by Gasteiger charge is -2.19. The molecule has 0 spiro atoms. The van der Waals surface area contributed by atoms with Crippen LogP contribution in [0.5, 0.6) is 11.5 Å². The van der Waals surface area contributed by atoms with Crippen LogP contribution in [0.4, 0.5) is 10.1 Å². The second-order valence-electron chi connectivity index (χ2n) is 6.65. The third kappa shape index (κ3) is 5.02. The van der Waals surface area contributed by atoms with E-state index in [9.17, 15) is 9.18 Å². The highest BCUT2D eigenvalue weighted by Crippen LogP contribution is 2.30. The largest absolute Gasteiger partial charge is 0.491 e. The van der Waals surface area contributed by atoms with Crippen LogP contribution in [-0.2, 0) is 4.79 Å². The summed E-state index contributed by atoms with van der Waals surface area (Å²) in [6.07, 6.45) is 3.27. The van der Waals surface area contributed by atoms with E-state index in [0.29, 0.717) is 30.0 Å². The van der Waals surface area contributed by atoms with Gasteiger partial charge in [-0.05, 0) is 49.2 Å². The van der Waals surface area contributed by atoms with E-state index in [2.05, 4.69) is 17.2 Å². The Balaban J connectivity index is 1.80. The number of aromatic nitrogens is 1. The first kappa shape index (κ1) is 20.6. The van der Waals surface area contributed by atoms with Crippen molar-refractivity contribution in [1.82, 2.24) is 4.98 Å². The van der Waals surface area contributed by atoms with Crippen molar-refractivity contribution < 1.29 is 18.7 Å². The summed E-state index contributed by atoms with van der Waals surface area (Å²) in [5.74, 6) is -0.107. The number of ether oxygens (including phenoxy) is 2. The van der Waals surface area contributed by atoms with Crippen molar-refractivity contribution in [2.75, 3.05) is 11.9 Å². The second kappa shape index (κ2) is 9.87. The number of amides is 1. The number of benzene rings is 2. The fraction of sp³-hybridized carbons (Fsp3) is 0.304. The summed E-state index contributed by atoms with van der Waals surface area (Å²) in [5, 5.41) is 3.66. The van der Waals surface area contributed by atoms with E-state index in [1.165, 1.54) is 12.1 Å². The molecule has 29 heavy (non-hydrogen) atoms. The van der Waals surface area contributed by atoms with Crippen molar-refractivity contribution in [3.8, 4) is 11.5 Å². The Kier molecular flexibility index (Phi) is 7.00. The molecule has 1 unspecified atom stereocenters. The molecule has 0 aliphatic carbocycles. The molecule has 0 radical (unpaired) electrons. The number of nitrogens with one attached hydrogen (secondary N) is 1. The predicted molar refractivity (Wildman–Crippen MR) is 112 cm³/mol. The number of unbranched alkanes of at least 4 members (excludes halogenated alkanes) is 1. The van der Waals surface area contributed by atoms with Gasteiger partial charge >= 0.3 is 0 Å². The normalized spacial score (nSPS) is 11.8. The van der Waals surface area contributed by atoms with Crippen LogP contribution in [0.15, 0.2) is 54.7 Å². The van der Waals surface area contributed by atoms with E-state index in [1.807, 2.05) is 13.0 Å².